The Balaban J connectivity index is 1.70. The van der Waals surface area contributed by atoms with Crippen molar-refractivity contribution in [2.75, 3.05) is 39.3 Å². The molecule has 1 aliphatic carbocycles. The number of hydrogen-bond donors (Lipinski definition) is 1. The first-order valence-corrected chi connectivity index (χ1v) is 9.12. The van der Waals surface area contributed by atoms with Crippen molar-refractivity contribution < 1.29 is 5.11 Å². The molecule has 1 unspecified atom stereocenters. The summed E-state index contributed by atoms with van der Waals surface area (Å²) in [6.07, 6.45) is 8.04. The molecule has 2 heterocycles. The Hall–Kier alpha value is -0.910. The number of aliphatic hydroxyl groups excluding tert-OH is 1. The van der Waals surface area contributed by atoms with Gasteiger partial charge in [-0.15, -0.1) is 0 Å². The van der Waals surface area contributed by atoms with Gasteiger partial charge in [0.2, 0.25) is 0 Å². The molecular formula is C18H32N4O. The number of aliphatic imine (C=N–C) groups is 1. The minimum atomic E-state index is 0.133. The van der Waals surface area contributed by atoms with Crippen molar-refractivity contribution in [1.29, 1.82) is 0 Å². The maximum absolute atomic E-state index is 9.01. The van der Waals surface area contributed by atoms with Gasteiger partial charge in [-0.05, 0) is 25.3 Å². The first-order valence-electron chi connectivity index (χ1n) is 9.12. The van der Waals surface area contributed by atoms with Crippen molar-refractivity contribution in [2.24, 2.45) is 16.3 Å². The first-order chi connectivity index (χ1) is 11.0. The molecule has 0 aromatic carbocycles. The van der Waals surface area contributed by atoms with E-state index in [1.807, 2.05) is 6.21 Å². The van der Waals surface area contributed by atoms with Crippen LogP contribution in [0.5, 0.6) is 0 Å². The van der Waals surface area contributed by atoms with Crippen LogP contribution in [0.25, 0.3) is 0 Å². The Labute approximate surface area is 140 Å². The minimum absolute atomic E-state index is 0.133. The van der Waals surface area contributed by atoms with E-state index in [9.17, 15) is 0 Å². The van der Waals surface area contributed by atoms with Crippen molar-refractivity contribution in [3.63, 3.8) is 0 Å². The molecule has 0 radical (unpaired) electrons. The van der Waals surface area contributed by atoms with E-state index in [-0.39, 0.29) is 5.41 Å². The van der Waals surface area contributed by atoms with E-state index in [1.54, 1.807) is 0 Å². The summed E-state index contributed by atoms with van der Waals surface area (Å²) in [5, 5.41) is 14.0. The third kappa shape index (κ3) is 3.95. The quantitative estimate of drug-likeness (QED) is 0.841. The van der Waals surface area contributed by atoms with Crippen LogP contribution in [0, 0.1) is 11.3 Å². The maximum atomic E-state index is 9.01. The zero-order valence-electron chi connectivity index (χ0n) is 14.9. The first kappa shape index (κ1) is 16.9. The van der Waals surface area contributed by atoms with Gasteiger partial charge in [-0.2, -0.15) is 0 Å². The molecule has 130 valence electrons. The molecule has 5 nitrogen and oxygen atoms in total. The average molecular weight is 320 g/mol. The smallest absolute Gasteiger partial charge is 0.138 e. The number of aliphatic hydroxyl groups is 1. The molecule has 3 rings (SSSR count). The van der Waals surface area contributed by atoms with Gasteiger partial charge in [0, 0.05) is 62.6 Å². The van der Waals surface area contributed by atoms with Crippen LogP contribution in [0.1, 0.15) is 40.0 Å². The van der Waals surface area contributed by atoms with Gasteiger partial charge in [0.1, 0.15) is 6.17 Å². The zero-order valence-corrected chi connectivity index (χ0v) is 14.9. The van der Waals surface area contributed by atoms with E-state index in [2.05, 4.69) is 41.8 Å². The topological polar surface area (TPSA) is 42.3 Å². The van der Waals surface area contributed by atoms with Gasteiger partial charge in [-0.25, -0.2) is 5.01 Å². The Morgan fingerprint density at radius 1 is 1.17 bits per heavy atom. The Morgan fingerprint density at radius 3 is 2.43 bits per heavy atom. The monoisotopic (exact) mass is 320 g/mol. The molecule has 0 aromatic rings. The fraction of sp³-hybridized carbons (Fsp3) is 0.833. The predicted octanol–water partition coefficient (Wildman–Crippen LogP) is 1.95. The lowest BCUT2D eigenvalue weighted by atomic mass is 9.90. The standard InChI is InChI=1S/C18H32N4O/c1-18(2,3)16-7-8-19-17(15-5-6-15)22(16)21-12-10-20(11-13-21)9-4-14-23/h7-8,15,17,23H,4-6,9-14H2,1-3H3. The molecule has 0 amide bonds. The van der Waals surface area contributed by atoms with Crippen LogP contribution in [0.15, 0.2) is 16.8 Å². The summed E-state index contributed by atoms with van der Waals surface area (Å²) < 4.78 is 0. The fourth-order valence-corrected chi connectivity index (χ4v) is 3.58. The minimum Gasteiger partial charge on any atom is -0.396 e. The molecule has 23 heavy (non-hydrogen) atoms. The highest BCUT2D eigenvalue weighted by molar-refractivity contribution is 5.73. The SMILES string of the molecule is CC(C)(C)C1=CC=NC(C2CC2)N1N1CCN(CCCO)CC1. The number of allylic oxidation sites excluding steroid dienone is 2. The number of piperazine rings is 1. The summed E-state index contributed by atoms with van der Waals surface area (Å²) in [5.41, 5.74) is 1.53. The van der Waals surface area contributed by atoms with Crippen LogP contribution < -0.4 is 0 Å². The van der Waals surface area contributed by atoms with Crippen molar-refractivity contribution in [3.05, 3.63) is 11.8 Å². The van der Waals surface area contributed by atoms with Crippen LogP contribution >= 0.6 is 0 Å². The molecule has 0 bridgehead atoms. The van der Waals surface area contributed by atoms with Gasteiger partial charge in [-0.3, -0.25) is 10.0 Å². The number of hydrazine groups is 1. The second kappa shape index (κ2) is 6.91. The lowest BCUT2D eigenvalue weighted by Crippen LogP contribution is -2.58. The summed E-state index contributed by atoms with van der Waals surface area (Å²) in [5.74, 6) is 0.727. The van der Waals surface area contributed by atoms with E-state index in [4.69, 9.17) is 10.1 Å². The average Bonchev–Trinajstić information content (AvgIpc) is 3.37. The van der Waals surface area contributed by atoms with Crippen molar-refractivity contribution in [3.8, 4) is 0 Å². The number of nitrogens with zero attached hydrogens (tertiary/aromatic N) is 4. The Bertz CT molecular complexity index is 456. The summed E-state index contributed by atoms with van der Waals surface area (Å²) in [6, 6.07) is 0. The molecule has 2 fully saturated rings. The zero-order chi connectivity index (χ0) is 16.4. The molecule has 2 aliphatic heterocycles. The normalized spacial score (nSPS) is 27.4. The van der Waals surface area contributed by atoms with E-state index in [1.165, 1.54) is 18.5 Å². The largest absolute Gasteiger partial charge is 0.396 e. The van der Waals surface area contributed by atoms with Crippen molar-refractivity contribution in [2.45, 2.75) is 46.2 Å². The van der Waals surface area contributed by atoms with E-state index >= 15 is 0 Å². The van der Waals surface area contributed by atoms with Crippen molar-refractivity contribution >= 4 is 6.21 Å². The molecule has 0 aromatic heterocycles. The fourth-order valence-electron chi connectivity index (χ4n) is 3.58. The third-order valence-electron chi connectivity index (χ3n) is 5.07. The molecule has 0 spiro atoms. The van der Waals surface area contributed by atoms with Crippen molar-refractivity contribution in [1.82, 2.24) is 14.9 Å². The van der Waals surface area contributed by atoms with Gasteiger partial charge in [-0.1, -0.05) is 20.8 Å². The van der Waals surface area contributed by atoms with Crippen LogP contribution in [0.2, 0.25) is 0 Å². The van der Waals surface area contributed by atoms with Gasteiger partial charge in [0.05, 0.1) is 0 Å². The van der Waals surface area contributed by atoms with Gasteiger partial charge in [0.15, 0.2) is 0 Å². The van der Waals surface area contributed by atoms with Crippen LogP contribution in [0.3, 0.4) is 0 Å². The second-order valence-corrected chi connectivity index (χ2v) is 8.07. The second-order valence-electron chi connectivity index (χ2n) is 8.07. The van der Waals surface area contributed by atoms with Gasteiger partial charge in [0.25, 0.3) is 0 Å². The van der Waals surface area contributed by atoms with Crippen LogP contribution in [-0.2, 0) is 0 Å². The number of rotatable bonds is 5. The Morgan fingerprint density at radius 2 is 1.87 bits per heavy atom. The highest BCUT2D eigenvalue weighted by Crippen LogP contribution is 2.42. The molecule has 5 heteroatoms. The molecule has 1 saturated heterocycles. The predicted molar refractivity (Wildman–Crippen MR) is 94.1 cm³/mol. The van der Waals surface area contributed by atoms with E-state index < -0.39 is 0 Å². The highest BCUT2D eigenvalue weighted by Gasteiger charge is 2.42. The lowest BCUT2D eigenvalue weighted by Gasteiger charge is -2.49. The summed E-state index contributed by atoms with van der Waals surface area (Å²) in [4.78, 5) is 7.28. The number of hydrogen-bond acceptors (Lipinski definition) is 5. The van der Waals surface area contributed by atoms with Gasteiger partial charge >= 0.3 is 0 Å². The summed E-state index contributed by atoms with van der Waals surface area (Å²) >= 11 is 0. The third-order valence-corrected chi connectivity index (χ3v) is 5.07. The van der Waals surface area contributed by atoms with Crippen LogP contribution in [-0.4, -0.2) is 71.7 Å². The Kier molecular flexibility index (Phi) is 5.09. The van der Waals surface area contributed by atoms with E-state index in [0.29, 0.717) is 12.8 Å². The maximum Gasteiger partial charge on any atom is 0.138 e. The molecule has 3 aliphatic rings. The molecular weight excluding hydrogens is 288 g/mol. The lowest BCUT2D eigenvalue weighted by molar-refractivity contribution is -0.0765. The van der Waals surface area contributed by atoms with Gasteiger partial charge < -0.3 is 10.0 Å². The highest BCUT2D eigenvalue weighted by atomic mass is 16.3. The molecule has 1 atom stereocenters. The summed E-state index contributed by atoms with van der Waals surface area (Å²) in [6.45, 7) is 12.5. The summed E-state index contributed by atoms with van der Waals surface area (Å²) in [7, 11) is 0. The molecule has 1 saturated carbocycles. The van der Waals surface area contributed by atoms with Crippen LogP contribution in [0.4, 0.5) is 0 Å². The molecule has 1 N–H and O–H groups in total. The van der Waals surface area contributed by atoms with E-state index in [0.717, 1.165) is 45.1 Å².